The molecule has 0 radical (unpaired) electrons. The molecule has 100 valence electrons. The van der Waals surface area contributed by atoms with E-state index in [1.54, 1.807) is 7.11 Å². The van der Waals surface area contributed by atoms with Gasteiger partial charge in [-0.3, -0.25) is 0 Å². The maximum Gasteiger partial charge on any atom is 0.118 e. The number of ether oxygens (including phenoxy) is 1. The van der Waals surface area contributed by atoms with Crippen molar-refractivity contribution in [3.63, 3.8) is 0 Å². The zero-order valence-electron chi connectivity index (χ0n) is 11.4. The predicted octanol–water partition coefficient (Wildman–Crippen LogP) is 4.72. The SMILES string of the molecule is CCC(F)C1CCC(c2ccc(OC)cc2)CC1. The topological polar surface area (TPSA) is 9.23 Å². The van der Waals surface area contributed by atoms with Gasteiger partial charge in [-0.2, -0.15) is 0 Å². The Morgan fingerprint density at radius 1 is 1.17 bits per heavy atom. The van der Waals surface area contributed by atoms with Gasteiger partial charge in [0, 0.05) is 0 Å². The van der Waals surface area contributed by atoms with Crippen molar-refractivity contribution in [1.29, 1.82) is 0 Å². The Kier molecular flexibility index (Phi) is 4.62. The summed E-state index contributed by atoms with van der Waals surface area (Å²) in [5.41, 5.74) is 1.38. The van der Waals surface area contributed by atoms with Gasteiger partial charge in [0.1, 0.15) is 11.9 Å². The first-order chi connectivity index (χ1) is 8.74. The van der Waals surface area contributed by atoms with E-state index in [0.717, 1.165) is 31.4 Å². The van der Waals surface area contributed by atoms with E-state index in [9.17, 15) is 4.39 Å². The highest BCUT2D eigenvalue weighted by Gasteiger charge is 2.27. The minimum absolute atomic E-state index is 0.296. The van der Waals surface area contributed by atoms with Gasteiger partial charge in [0.05, 0.1) is 7.11 Å². The lowest BCUT2D eigenvalue weighted by Gasteiger charge is -2.30. The highest BCUT2D eigenvalue weighted by molar-refractivity contribution is 5.29. The molecule has 0 N–H and O–H groups in total. The molecule has 0 aromatic heterocycles. The number of benzene rings is 1. The Hall–Kier alpha value is -1.05. The van der Waals surface area contributed by atoms with Crippen LogP contribution in [0.5, 0.6) is 5.75 Å². The van der Waals surface area contributed by atoms with Gasteiger partial charge < -0.3 is 4.74 Å². The summed E-state index contributed by atoms with van der Waals surface area (Å²) < 4.78 is 18.8. The fourth-order valence-corrected chi connectivity index (χ4v) is 3.02. The molecule has 0 spiro atoms. The Balaban J connectivity index is 1.92. The molecular weight excluding hydrogens is 227 g/mol. The molecule has 2 heteroatoms. The summed E-state index contributed by atoms with van der Waals surface area (Å²) in [4.78, 5) is 0. The van der Waals surface area contributed by atoms with Crippen LogP contribution < -0.4 is 4.74 Å². The molecule has 1 aliphatic carbocycles. The van der Waals surface area contributed by atoms with Crippen molar-refractivity contribution in [3.8, 4) is 5.75 Å². The van der Waals surface area contributed by atoms with Gasteiger partial charge in [0.15, 0.2) is 0 Å². The van der Waals surface area contributed by atoms with Crippen LogP contribution in [0, 0.1) is 5.92 Å². The van der Waals surface area contributed by atoms with Crippen LogP contribution in [0.3, 0.4) is 0 Å². The first-order valence-corrected chi connectivity index (χ1v) is 7.02. The summed E-state index contributed by atoms with van der Waals surface area (Å²) in [6.07, 6.45) is 4.38. The van der Waals surface area contributed by atoms with Crippen molar-refractivity contribution < 1.29 is 9.13 Å². The Morgan fingerprint density at radius 3 is 2.28 bits per heavy atom. The van der Waals surface area contributed by atoms with Crippen LogP contribution in [0.1, 0.15) is 50.5 Å². The zero-order chi connectivity index (χ0) is 13.0. The summed E-state index contributed by atoms with van der Waals surface area (Å²) in [7, 11) is 1.69. The van der Waals surface area contributed by atoms with Crippen LogP contribution in [0.4, 0.5) is 4.39 Å². The summed E-state index contributed by atoms with van der Waals surface area (Å²) >= 11 is 0. The number of hydrogen-bond donors (Lipinski definition) is 0. The van der Waals surface area contributed by atoms with Gasteiger partial charge >= 0.3 is 0 Å². The average molecular weight is 250 g/mol. The lowest BCUT2D eigenvalue weighted by Crippen LogP contribution is -2.21. The molecule has 1 unspecified atom stereocenters. The molecule has 2 rings (SSSR count). The van der Waals surface area contributed by atoms with Crippen LogP contribution >= 0.6 is 0 Å². The van der Waals surface area contributed by atoms with Gasteiger partial charge in [0.25, 0.3) is 0 Å². The second kappa shape index (κ2) is 6.21. The summed E-state index contributed by atoms with van der Waals surface area (Å²) in [6, 6.07) is 8.34. The highest BCUT2D eigenvalue weighted by Crippen LogP contribution is 2.38. The molecule has 0 amide bonds. The van der Waals surface area contributed by atoms with E-state index in [-0.39, 0.29) is 0 Å². The quantitative estimate of drug-likeness (QED) is 0.751. The molecule has 18 heavy (non-hydrogen) atoms. The van der Waals surface area contributed by atoms with Crippen molar-refractivity contribution >= 4 is 0 Å². The van der Waals surface area contributed by atoms with Crippen molar-refractivity contribution in [2.75, 3.05) is 7.11 Å². The van der Waals surface area contributed by atoms with Gasteiger partial charge in [-0.25, -0.2) is 4.39 Å². The molecule has 1 aromatic rings. The van der Waals surface area contributed by atoms with E-state index in [2.05, 4.69) is 12.1 Å². The minimum Gasteiger partial charge on any atom is -0.497 e. The fraction of sp³-hybridized carbons (Fsp3) is 0.625. The van der Waals surface area contributed by atoms with Crippen molar-refractivity contribution in [2.45, 2.75) is 51.1 Å². The molecular formula is C16H23FO. The Bertz CT molecular complexity index is 352. The molecule has 1 atom stereocenters. The number of methoxy groups -OCH3 is 1. The average Bonchev–Trinajstić information content (AvgIpc) is 2.47. The second-order valence-corrected chi connectivity index (χ2v) is 5.31. The van der Waals surface area contributed by atoms with Gasteiger partial charge in [-0.15, -0.1) is 0 Å². The maximum atomic E-state index is 13.6. The lowest BCUT2D eigenvalue weighted by molar-refractivity contribution is 0.168. The van der Waals surface area contributed by atoms with Crippen LogP contribution in [0.2, 0.25) is 0 Å². The van der Waals surface area contributed by atoms with Crippen LogP contribution in [0.15, 0.2) is 24.3 Å². The van der Waals surface area contributed by atoms with Gasteiger partial charge in [-0.1, -0.05) is 19.1 Å². The lowest BCUT2D eigenvalue weighted by atomic mass is 9.76. The number of halogens is 1. The number of hydrogen-bond acceptors (Lipinski definition) is 1. The van der Waals surface area contributed by atoms with Crippen molar-refractivity contribution in [2.24, 2.45) is 5.92 Å². The van der Waals surface area contributed by atoms with E-state index < -0.39 is 6.17 Å². The van der Waals surface area contributed by atoms with Crippen LogP contribution in [0.25, 0.3) is 0 Å². The standard InChI is InChI=1S/C16H23FO/c1-3-16(17)14-6-4-12(5-7-14)13-8-10-15(18-2)11-9-13/h8-12,14,16H,3-7H2,1-2H3. The first-order valence-electron chi connectivity index (χ1n) is 7.02. The Labute approximate surface area is 109 Å². The van der Waals surface area contributed by atoms with Crippen molar-refractivity contribution in [3.05, 3.63) is 29.8 Å². The molecule has 0 bridgehead atoms. The predicted molar refractivity (Wildman–Crippen MR) is 72.9 cm³/mol. The van der Waals surface area contributed by atoms with Crippen LogP contribution in [-0.4, -0.2) is 13.3 Å². The van der Waals surface area contributed by atoms with Crippen LogP contribution in [-0.2, 0) is 0 Å². The zero-order valence-corrected chi connectivity index (χ0v) is 11.4. The van der Waals surface area contributed by atoms with E-state index >= 15 is 0 Å². The van der Waals surface area contributed by atoms with E-state index in [4.69, 9.17) is 4.74 Å². The molecule has 0 heterocycles. The first kappa shape index (κ1) is 13.4. The largest absolute Gasteiger partial charge is 0.497 e. The van der Waals surface area contributed by atoms with Gasteiger partial charge in [-0.05, 0) is 61.6 Å². The van der Waals surface area contributed by atoms with E-state index in [1.165, 1.54) is 5.56 Å². The third-order valence-corrected chi connectivity index (χ3v) is 4.26. The molecule has 1 aliphatic rings. The molecule has 1 nitrogen and oxygen atoms in total. The highest BCUT2D eigenvalue weighted by atomic mass is 19.1. The third-order valence-electron chi connectivity index (χ3n) is 4.26. The second-order valence-electron chi connectivity index (χ2n) is 5.31. The molecule has 1 aromatic carbocycles. The molecule has 0 saturated heterocycles. The Morgan fingerprint density at radius 2 is 1.78 bits per heavy atom. The maximum absolute atomic E-state index is 13.6. The van der Waals surface area contributed by atoms with E-state index in [1.807, 2.05) is 19.1 Å². The molecule has 0 aliphatic heterocycles. The molecule has 1 fully saturated rings. The smallest absolute Gasteiger partial charge is 0.118 e. The number of rotatable bonds is 4. The fourth-order valence-electron chi connectivity index (χ4n) is 3.02. The third kappa shape index (κ3) is 3.04. The van der Waals surface area contributed by atoms with Crippen molar-refractivity contribution in [1.82, 2.24) is 0 Å². The summed E-state index contributed by atoms with van der Waals surface area (Å²) in [6.45, 7) is 1.94. The molecule has 1 saturated carbocycles. The summed E-state index contributed by atoms with van der Waals surface area (Å²) in [5, 5.41) is 0. The number of alkyl halides is 1. The van der Waals surface area contributed by atoms with E-state index in [0.29, 0.717) is 18.3 Å². The van der Waals surface area contributed by atoms with Gasteiger partial charge in [0.2, 0.25) is 0 Å². The normalized spacial score (nSPS) is 25.7. The summed E-state index contributed by atoms with van der Waals surface area (Å²) in [5.74, 6) is 1.81. The minimum atomic E-state index is -0.596. The monoisotopic (exact) mass is 250 g/mol.